The summed E-state index contributed by atoms with van der Waals surface area (Å²) in [5.41, 5.74) is 8.45. The molecule has 98 valence electrons. The molecule has 0 radical (unpaired) electrons. The summed E-state index contributed by atoms with van der Waals surface area (Å²) in [7, 11) is 0. The van der Waals surface area contributed by atoms with Crippen LogP contribution in [0.5, 0.6) is 0 Å². The molecule has 1 atom stereocenters. The van der Waals surface area contributed by atoms with Crippen LogP contribution >= 0.6 is 11.6 Å². The van der Waals surface area contributed by atoms with Gasteiger partial charge in [-0.2, -0.15) is 0 Å². The van der Waals surface area contributed by atoms with Gasteiger partial charge in [0.15, 0.2) is 0 Å². The minimum Gasteiger partial charge on any atom is -0.347 e. The molecule has 0 saturated carbocycles. The zero-order valence-corrected chi connectivity index (χ0v) is 12.0. The van der Waals surface area contributed by atoms with Crippen molar-refractivity contribution >= 4 is 22.5 Å². The summed E-state index contributed by atoms with van der Waals surface area (Å²) < 4.78 is 2.30. The van der Waals surface area contributed by atoms with E-state index < -0.39 is 0 Å². The number of rotatable bonds is 4. The molecule has 1 aromatic heterocycles. The molecule has 3 heteroatoms. The first kappa shape index (κ1) is 13.4. The van der Waals surface area contributed by atoms with Crippen molar-refractivity contribution in [3.05, 3.63) is 35.0 Å². The number of nitrogens with two attached hydrogens (primary N) is 1. The third-order valence-corrected chi connectivity index (χ3v) is 3.27. The summed E-state index contributed by atoms with van der Waals surface area (Å²) in [5, 5.41) is 2.07. The Morgan fingerprint density at radius 3 is 2.61 bits per heavy atom. The first-order valence-electron chi connectivity index (χ1n) is 6.50. The minimum absolute atomic E-state index is 0.179. The van der Waals surface area contributed by atoms with Crippen LogP contribution in [0, 0.1) is 5.92 Å². The second-order valence-corrected chi connectivity index (χ2v) is 5.98. The molecule has 0 bridgehead atoms. The maximum absolute atomic E-state index is 6.10. The molecule has 1 unspecified atom stereocenters. The van der Waals surface area contributed by atoms with Gasteiger partial charge in [0, 0.05) is 34.7 Å². The molecule has 1 heterocycles. The molecule has 0 aliphatic heterocycles. The van der Waals surface area contributed by atoms with Crippen LogP contribution in [-0.4, -0.2) is 10.6 Å². The Labute approximate surface area is 114 Å². The Bertz CT molecular complexity index is 541. The van der Waals surface area contributed by atoms with Crippen molar-refractivity contribution in [1.82, 2.24) is 4.57 Å². The molecule has 0 spiro atoms. The number of benzene rings is 1. The molecule has 2 aromatic rings. The van der Waals surface area contributed by atoms with Gasteiger partial charge >= 0.3 is 0 Å². The van der Waals surface area contributed by atoms with Crippen LogP contribution in [-0.2, 0) is 13.0 Å². The fraction of sp³-hybridized carbons (Fsp3) is 0.467. The third-order valence-electron chi connectivity index (χ3n) is 3.03. The highest BCUT2D eigenvalue weighted by Gasteiger charge is 2.11. The van der Waals surface area contributed by atoms with Crippen molar-refractivity contribution in [1.29, 1.82) is 0 Å². The van der Waals surface area contributed by atoms with Crippen molar-refractivity contribution < 1.29 is 0 Å². The van der Waals surface area contributed by atoms with Crippen LogP contribution in [0.3, 0.4) is 0 Å². The molecule has 2 nitrogen and oxygen atoms in total. The van der Waals surface area contributed by atoms with E-state index in [2.05, 4.69) is 30.7 Å². The quantitative estimate of drug-likeness (QED) is 0.894. The lowest BCUT2D eigenvalue weighted by Crippen LogP contribution is -2.17. The topological polar surface area (TPSA) is 30.9 Å². The van der Waals surface area contributed by atoms with E-state index in [1.54, 1.807) is 0 Å². The van der Waals surface area contributed by atoms with E-state index in [-0.39, 0.29) is 6.04 Å². The van der Waals surface area contributed by atoms with Gasteiger partial charge in [0.2, 0.25) is 0 Å². The van der Waals surface area contributed by atoms with Gasteiger partial charge in [0.25, 0.3) is 0 Å². The van der Waals surface area contributed by atoms with Gasteiger partial charge < -0.3 is 10.3 Å². The summed E-state index contributed by atoms with van der Waals surface area (Å²) >= 11 is 6.10. The molecular formula is C15H21ClN2. The average Bonchev–Trinajstić information content (AvgIpc) is 2.54. The monoisotopic (exact) mass is 264 g/mol. The van der Waals surface area contributed by atoms with Crippen molar-refractivity contribution in [2.24, 2.45) is 11.7 Å². The molecule has 0 aliphatic carbocycles. The van der Waals surface area contributed by atoms with Gasteiger partial charge in [-0.25, -0.2) is 0 Å². The van der Waals surface area contributed by atoms with E-state index >= 15 is 0 Å². The van der Waals surface area contributed by atoms with E-state index in [4.69, 9.17) is 17.3 Å². The first-order chi connectivity index (χ1) is 8.47. The lowest BCUT2D eigenvalue weighted by molar-refractivity contribution is 0.534. The fourth-order valence-electron chi connectivity index (χ4n) is 2.40. The SMILES string of the molecule is CC(C)Cn1cc(CC(C)N)c2ccc(Cl)cc21. The standard InChI is InChI=1S/C15H21ClN2/c1-10(2)8-18-9-12(6-11(3)17)14-5-4-13(16)7-15(14)18/h4-5,7,9-11H,6,8,17H2,1-3H3. The van der Waals surface area contributed by atoms with Gasteiger partial charge in [-0.1, -0.05) is 31.5 Å². The highest BCUT2D eigenvalue weighted by molar-refractivity contribution is 6.31. The molecule has 1 aromatic carbocycles. The van der Waals surface area contributed by atoms with Crippen LogP contribution in [0.15, 0.2) is 24.4 Å². The molecule has 0 fully saturated rings. The van der Waals surface area contributed by atoms with E-state index in [9.17, 15) is 0 Å². The van der Waals surface area contributed by atoms with E-state index in [1.807, 2.05) is 19.1 Å². The smallest absolute Gasteiger partial charge is 0.0498 e. The number of fused-ring (bicyclic) bond motifs is 1. The summed E-state index contributed by atoms with van der Waals surface area (Å²) in [6.45, 7) is 7.50. The van der Waals surface area contributed by atoms with Gasteiger partial charge in [0.1, 0.15) is 0 Å². The predicted molar refractivity (Wildman–Crippen MR) is 79.1 cm³/mol. The van der Waals surface area contributed by atoms with Gasteiger partial charge in [-0.15, -0.1) is 0 Å². The predicted octanol–water partition coefficient (Wildman–Crippen LogP) is 3.84. The first-order valence-corrected chi connectivity index (χ1v) is 6.88. The summed E-state index contributed by atoms with van der Waals surface area (Å²) in [5.74, 6) is 0.614. The summed E-state index contributed by atoms with van der Waals surface area (Å²) in [4.78, 5) is 0. The molecule has 2 rings (SSSR count). The number of halogens is 1. The van der Waals surface area contributed by atoms with Crippen molar-refractivity contribution in [3.63, 3.8) is 0 Å². The second kappa shape index (κ2) is 5.33. The highest BCUT2D eigenvalue weighted by atomic mass is 35.5. The van der Waals surface area contributed by atoms with Gasteiger partial charge in [-0.3, -0.25) is 0 Å². The zero-order valence-electron chi connectivity index (χ0n) is 11.3. The Hall–Kier alpha value is -0.990. The number of aromatic nitrogens is 1. The Balaban J connectivity index is 2.52. The van der Waals surface area contributed by atoms with E-state index in [0.29, 0.717) is 5.92 Å². The minimum atomic E-state index is 0.179. The van der Waals surface area contributed by atoms with Crippen LogP contribution in [0.25, 0.3) is 10.9 Å². The Kier molecular flexibility index (Phi) is 3.98. The summed E-state index contributed by atoms with van der Waals surface area (Å²) in [6, 6.07) is 6.28. The van der Waals surface area contributed by atoms with E-state index in [0.717, 1.165) is 18.0 Å². The molecular weight excluding hydrogens is 244 g/mol. The van der Waals surface area contributed by atoms with E-state index in [1.165, 1.54) is 16.5 Å². The number of hydrogen-bond donors (Lipinski definition) is 1. The summed E-state index contributed by atoms with van der Waals surface area (Å²) in [6.07, 6.45) is 3.13. The van der Waals surface area contributed by atoms with Crippen LogP contribution in [0.4, 0.5) is 0 Å². The van der Waals surface area contributed by atoms with Crippen molar-refractivity contribution in [2.45, 2.75) is 39.8 Å². The lowest BCUT2D eigenvalue weighted by atomic mass is 10.1. The van der Waals surface area contributed by atoms with Crippen LogP contribution in [0.2, 0.25) is 5.02 Å². The lowest BCUT2D eigenvalue weighted by Gasteiger charge is -2.08. The van der Waals surface area contributed by atoms with Crippen LogP contribution in [0.1, 0.15) is 26.3 Å². The third kappa shape index (κ3) is 2.88. The van der Waals surface area contributed by atoms with Gasteiger partial charge in [0.05, 0.1) is 0 Å². The molecule has 0 amide bonds. The van der Waals surface area contributed by atoms with Crippen molar-refractivity contribution in [2.75, 3.05) is 0 Å². The number of hydrogen-bond acceptors (Lipinski definition) is 1. The number of nitrogens with zero attached hydrogens (tertiary/aromatic N) is 1. The van der Waals surface area contributed by atoms with Gasteiger partial charge in [-0.05, 0) is 37.0 Å². The molecule has 0 saturated heterocycles. The molecule has 18 heavy (non-hydrogen) atoms. The normalized spacial score (nSPS) is 13.4. The highest BCUT2D eigenvalue weighted by Crippen LogP contribution is 2.26. The van der Waals surface area contributed by atoms with Crippen molar-refractivity contribution in [3.8, 4) is 0 Å². The maximum Gasteiger partial charge on any atom is 0.0498 e. The zero-order chi connectivity index (χ0) is 13.3. The molecule has 2 N–H and O–H groups in total. The largest absolute Gasteiger partial charge is 0.347 e. The Morgan fingerprint density at radius 2 is 2.00 bits per heavy atom. The van der Waals surface area contributed by atoms with Crippen LogP contribution < -0.4 is 5.73 Å². The second-order valence-electron chi connectivity index (χ2n) is 5.54. The average molecular weight is 265 g/mol. The maximum atomic E-state index is 6.10. The molecule has 0 aliphatic rings. The fourth-order valence-corrected chi connectivity index (χ4v) is 2.56. The Morgan fingerprint density at radius 1 is 1.28 bits per heavy atom.